The molecule has 0 radical (unpaired) electrons. The molecule has 3 nitrogen and oxygen atoms in total. The first-order valence-electron chi connectivity index (χ1n) is 2.41. The average molecular weight is 140 g/mol. The van der Waals surface area contributed by atoms with E-state index in [2.05, 4.69) is 4.74 Å². The van der Waals surface area contributed by atoms with Crippen LogP contribution < -0.4 is 0 Å². The summed E-state index contributed by atoms with van der Waals surface area (Å²) in [6.07, 6.45) is 0. The zero-order chi connectivity index (χ0) is 6.62. The topological polar surface area (TPSA) is 38.7 Å². The third kappa shape index (κ3) is 6.31. The number of hydrogen-bond acceptors (Lipinski definition) is 3. The van der Waals surface area contributed by atoms with Crippen LogP contribution in [0.1, 0.15) is 0 Å². The molecule has 0 heterocycles. The van der Waals surface area contributed by atoms with Crippen molar-refractivity contribution in [3.05, 3.63) is 0 Å². The minimum absolute atomic E-state index is 0.190. The Morgan fingerprint density at radius 2 is 2.00 bits per heavy atom. The molecule has 0 rings (SSSR count). The Morgan fingerprint density at radius 3 is 2.12 bits per heavy atom. The molecule has 0 atom stereocenters. The molecule has 0 aromatic rings. The van der Waals surface area contributed by atoms with E-state index < -0.39 is 7.72 Å². The van der Waals surface area contributed by atoms with Gasteiger partial charge < -0.3 is 0 Å². The number of rotatable bonds is 3. The van der Waals surface area contributed by atoms with E-state index in [1.165, 1.54) is 7.11 Å². The summed E-state index contributed by atoms with van der Waals surface area (Å²) in [7, 11) is -0.775. The first-order chi connectivity index (χ1) is 3.56. The van der Waals surface area contributed by atoms with E-state index in [4.69, 9.17) is 9.42 Å². The Bertz CT molecular complexity index is 58.8. The van der Waals surface area contributed by atoms with Gasteiger partial charge in [-0.15, -0.1) is 0 Å². The molecule has 0 unspecified atom stereocenters. The van der Waals surface area contributed by atoms with Crippen LogP contribution in [0.2, 0.25) is 0 Å². The summed E-state index contributed by atoms with van der Waals surface area (Å²) < 4.78 is 9.42. The van der Waals surface area contributed by atoms with Crippen LogP contribution in [0.3, 0.4) is 0 Å². The minimum atomic E-state index is -2.30. The Labute approximate surface area is 50.1 Å². The quantitative estimate of drug-likeness (QED) is 0.456. The molecule has 0 saturated carbocycles. The van der Waals surface area contributed by atoms with Crippen molar-refractivity contribution in [2.45, 2.75) is 0 Å². The number of methoxy groups -OCH3 is 1. The Hall–Kier alpha value is 0.310. The van der Waals surface area contributed by atoms with Gasteiger partial charge in [0.2, 0.25) is 0 Å². The fraction of sp³-hybridized carbons (Fsp3) is 1.00. The van der Waals surface area contributed by atoms with E-state index in [0.717, 1.165) is 0 Å². The SMILES string of the molecule is COCO[PH](C)(C)O. The first-order valence-corrected chi connectivity index (χ1v) is 5.27. The third-order valence-corrected chi connectivity index (χ3v) is 1.35. The monoisotopic (exact) mass is 140 g/mol. The number of ether oxygens (including phenoxy) is 1. The van der Waals surface area contributed by atoms with E-state index in [9.17, 15) is 0 Å². The van der Waals surface area contributed by atoms with Crippen LogP contribution in [0.25, 0.3) is 0 Å². The van der Waals surface area contributed by atoms with Crippen molar-refractivity contribution in [2.24, 2.45) is 0 Å². The molecule has 0 aliphatic carbocycles. The van der Waals surface area contributed by atoms with Crippen LogP contribution in [0.5, 0.6) is 0 Å². The van der Waals surface area contributed by atoms with Gasteiger partial charge in [-0.2, -0.15) is 0 Å². The zero-order valence-electron chi connectivity index (χ0n) is 5.47. The summed E-state index contributed by atoms with van der Waals surface area (Å²) in [6.45, 7) is 3.56. The predicted octanol–water partition coefficient (Wildman–Crippen LogP) is 0.439. The summed E-state index contributed by atoms with van der Waals surface area (Å²) in [5.74, 6) is 0. The second kappa shape index (κ2) is 3.36. The molecule has 0 saturated heterocycles. The Balaban J connectivity index is 3.11. The molecule has 0 aromatic carbocycles. The average Bonchev–Trinajstić information content (AvgIpc) is 1.59. The second-order valence-electron chi connectivity index (χ2n) is 2.00. The van der Waals surface area contributed by atoms with E-state index >= 15 is 0 Å². The molecular formula is C4H13O3P. The predicted molar refractivity (Wildman–Crippen MR) is 35.3 cm³/mol. The Morgan fingerprint density at radius 1 is 1.50 bits per heavy atom. The summed E-state index contributed by atoms with van der Waals surface area (Å²) in [6, 6.07) is 0. The standard InChI is InChI=1S/C4H13O3P/c1-6-4-7-8(2,3)5/h5,8H,4H2,1-3H3. The van der Waals surface area contributed by atoms with Crippen molar-refractivity contribution in [3.63, 3.8) is 0 Å². The van der Waals surface area contributed by atoms with Gasteiger partial charge in [0.25, 0.3) is 0 Å². The fourth-order valence-electron chi connectivity index (χ4n) is 0.203. The Kier molecular flexibility index (Phi) is 3.49. The zero-order valence-corrected chi connectivity index (χ0v) is 6.47. The van der Waals surface area contributed by atoms with Gasteiger partial charge in [0, 0.05) is 0 Å². The van der Waals surface area contributed by atoms with Crippen molar-refractivity contribution in [2.75, 3.05) is 27.2 Å². The van der Waals surface area contributed by atoms with Crippen molar-refractivity contribution in [1.82, 2.24) is 0 Å². The summed E-state index contributed by atoms with van der Waals surface area (Å²) in [5.41, 5.74) is 0. The fourth-order valence-corrected chi connectivity index (χ4v) is 0.609. The van der Waals surface area contributed by atoms with E-state index in [1.54, 1.807) is 13.3 Å². The van der Waals surface area contributed by atoms with Crippen LogP contribution in [0.15, 0.2) is 0 Å². The van der Waals surface area contributed by atoms with Crippen LogP contribution in [0, 0.1) is 0 Å². The maximum absolute atomic E-state index is 8.99. The molecule has 0 spiro atoms. The van der Waals surface area contributed by atoms with Crippen molar-refractivity contribution >= 4 is 7.72 Å². The normalized spacial score (nSPS) is 14.0. The molecule has 0 aliphatic rings. The van der Waals surface area contributed by atoms with Crippen molar-refractivity contribution < 1.29 is 14.2 Å². The van der Waals surface area contributed by atoms with Gasteiger partial charge in [-0.1, -0.05) is 0 Å². The van der Waals surface area contributed by atoms with Gasteiger partial charge in [-0.05, 0) is 0 Å². The van der Waals surface area contributed by atoms with Crippen LogP contribution in [0.4, 0.5) is 0 Å². The summed E-state index contributed by atoms with van der Waals surface area (Å²) in [4.78, 5) is 8.99. The molecular weight excluding hydrogens is 127 g/mol. The molecule has 0 fully saturated rings. The molecule has 0 aliphatic heterocycles. The molecule has 1 N–H and O–H groups in total. The molecule has 8 heavy (non-hydrogen) atoms. The number of hydrogen-bond donors (Lipinski definition) is 1. The third-order valence-electron chi connectivity index (χ3n) is 0.530. The van der Waals surface area contributed by atoms with Gasteiger partial charge in [-0.25, -0.2) is 0 Å². The van der Waals surface area contributed by atoms with Crippen LogP contribution >= 0.6 is 7.72 Å². The van der Waals surface area contributed by atoms with E-state index in [0.29, 0.717) is 0 Å². The van der Waals surface area contributed by atoms with Gasteiger partial charge in [0.15, 0.2) is 0 Å². The van der Waals surface area contributed by atoms with Gasteiger partial charge in [0.05, 0.1) is 0 Å². The van der Waals surface area contributed by atoms with Gasteiger partial charge >= 0.3 is 49.1 Å². The van der Waals surface area contributed by atoms with Crippen molar-refractivity contribution in [1.29, 1.82) is 0 Å². The molecule has 0 aromatic heterocycles. The maximum atomic E-state index is 8.99. The van der Waals surface area contributed by atoms with E-state index in [-0.39, 0.29) is 6.79 Å². The second-order valence-corrected chi connectivity index (χ2v) is 5.18. The van der Waals surface area contributed by atoms with E-state index in [1.807, 2.05) is 0 Å². The molecule has 0 amide bonds. The molecule has 52 valence electrons. The first kappa shape index (κ1) is 8.31. The van der Waals surface area contributed by atoms with Gasteiger partial charge in [-0.3, -0.25) is 0 Å². The summed E-state index contributed by atoms with van der Waals surface area (Å²) >= 11 is 0. The molecule has 4 heteroatoms. The summed E-state index contributed by atoms with van der Waals surface area (Å²) in [5, 5.41) is 0. The van der Waals surface area contributed by atoms with Crippen LogP contribution in [-0.2, 0) is 9.26 Å². The van der Waals surface area contributed by atoms with Gasteiger partial charge in [0.1, 0.15) is 0 Å². The molecule has 0 bridgehead atoms. The van der Waals surface area contributed by atoms with Crippen LogP contribution in [-0.4, -0.2) is 32.1 Å². The van der Waals surface area contributed by atoms with Crippen molar-refractivity contribution in [3.8, 4) is 0 Å².